The minimum atomic E-state index is -0.112. The van der Waals surface area contributed by atoms with Gasteiger partial charge in [-0.2, -0.15) is 0 Å². The van der Waals surface area contributed by atoms with E-state index in [4.69, 9.17) is 0 Å². The van der Waals surface area contributed by atoms with Gasteiger partial charge in [-0.05, 0) is 73.0 Å². The molecule has 0 saturated heterocycles. The summed E-state index contributed by atoms with van der Waals surface area (Å²) in [5.74, 6) is 2.32. The van der Waals surface area contributed by atoms with Gasteiger partial charge in [-0.1, -0.05) is 20.8 Å². The van der Waals surface area contributed by atoms with E-state index in [-0.39, 0.29) is 22.3 Å². The molecule has 4 aliphatic carbocycles. The molecule has 0 spiro atoms. The average Bonchev–Trinajstić information content (AvgIpc) is 2.88. The quantitative estimate of drug-likeness (QED) is 0.733. The maximum absolute atomic E-state index is 12.3. The van der Waals surface area contributed by atoms with Gasteiger partial charge in [-0.3, -0.25) is 4.79 Å². The number of aliphatic hydroxyl groups excluding tert-OH is 1. The second kappa shape index (κ2) is 4.13. The van der Waals surface area contributed by atoms with Crippen molar-refractivity contribution >= 4 is 5.78 Å². The number of rotatable bonds is 0. The van der Waals surface area contributed by atoms with Crippen LogP contribution in [0.25, 0.3) is 0 Å². The van der Waals surface area contributed by atoms with E-state index in [9.17, 15) is 9.90 Å². The summed E-state index contributed by atoms with van der Waals surface area (Å²) in [5, 5.41) is 10.6. The van der Waals surface area contributed by atoms with Gasteiger partial charge in [0.25, 0.3) is 0 Å². The third-order valence-electron chi connectivity index (χ3n) is 8.96. The van der Waals surface area contributed by atoms with Crippen molar-refractivity contribution in [3.8, 4) is 0 Å². The zero-order valence-corrected chi connectivity index (χ0v) is 13.8. The van der Waals surface area contributed by atoms with Gasteiger partial charge < -0.3 is 5.11 Å². The number of aliphatic hydroxyl groups is 1. The van der Waals surface area contributed by atoms with Crippen LogP contribution in [0.1, 0.15) is 72.1 Å². The zero-order chi connectivity index (χ0) is 15.0. The molecule has 4 rings (SSSR count). The molecule has 1 N–H and O–H groups in total. The van der Waals surface area contributed by atoms with Crippen LogP contribution in [0.3, 0.4) is 0 Å². The molecule has 0 heterocycles. The van der Waals surface area contributed by atoms with Crippen molar-refractivity contribution in [3.63, 3.8) is 0 Å². The fourth-order valence-corrected chi connectivity index (χ4v) is 7.28. The molecule has 4 aliphatic rings. The molecule has 0 amide bonds. The third-order valence-corrected chi connectivity index (χ3v) is 8.96. The molecule has 2 nitrogen and oxygen atoms in total. The predicted octanol–water partition coefficient (Wildman–Crippen LogP) is 3.96. The van der Waals surface area contributed by atoms with Gasteiger partial charge in [0.2, 0.25) is 0 Å². The van der Waals surface area contributed by atoms with Gasteiger partial charge in [-0.25, -0.2) is 0 Å². The number of hydrogen-bond donors (Lipinski definition) is 1. The molecule has 0 bridgehead atoms. The lowest BCUT2D eigenvalue weighted by molar-refractivity contribution is -0.153. The van der Waals surface area contributed by atoms with Crippen LogP contribution in [0.4, 0.5) is 0 Å². The van der Waals surface area contributed by atoms with E-state index in [2.05, 4.69) is 20.8 Å². The average molecular weight is 290 g/mol. The summed E-state index contributed by atoms with van der Waals surface area (Å²) >= 11 is 0. The minimum Gasteiger partial charge on any atom is -0.393 e. The van der Waals surface area contributed by atoms with Crippen molar-refractivity contribution in [3.05, 3.63) is 0 Å². The molecule has 0 aromatic rings. The summed E-state index contributed by atoms with van der Waals surface area (Å²) in [7, 11) is 0. The standard InChI is InChI=1S/C19H30O2/c1-17-9-7-15(20)14(17)5-4-13-12(17)6-10-19(3)16(21)8-11-18(13,19)2/h12-14,16,21H,4-11H2,1-3H3. The van der Waals surface area contributed by atoms with Crippen molar-refractivity contribution < 1.29 is 9.90 Å². The van der Waals surface area contributed by atoms with Crippen LogP contribution < -0.4 is 0 Å². The highest BCUT2D eigenvalue weighted by Crippen LogP contribution is 2.71. The molecule has 7 unspecified atom stereocenters. The smallest absolute Gasteiger partial charge is 0.136 e. The first-order chi connectivity index (χ1) is 9.83. The van der Waals surface area contributed by atoms with Crippen molar-refractivity contribution in [1.82, 2.24) is 0 Å². The minimum absolute atomic E-state index is 0.111. The van der Waals surface area contributed by atoms with Gasteiger partial charge in [0, 0.05) is 12.3 Å². The highest BCUT2D eigenvalue weighted by molar-refractivity contribution is 5.84. The van der Waals surface area contributed by atoms with Crippen LogP contribution in [0, 0.1) is 34.0 Å². The number of ketones is 1. The van der Waals surface area contributed by atoms with E-state index < -0.39 is 0 Å². The highest BCUT2D eigenvalue weighted by atomic mass is 16.3. The van der Waals surface area contributed by atoms with Crippen LogP contribution in [0.2, 0.25) is 0 Å². The zero-order valence-electron chi connectivity index (χ0n) is 13.8. The maximum Gasteiger partial charge on any atom is 0.136 e. The molecule has 0 aromatic heterocycles. The largest absolute Gasteiger partial charge is 0.393 e. The normalized spacial score (nSPS) is 59.5. The predicted molar refractivity (Wildman–Crippen MR) is 82.7 cm³/mol. The molecule has 4 fully saturated rings. The van der Waals surface area contributed by atoms with Crippen LogP contribution >= 0.6 is 0 Å². The Bertz CT molecular complexity index is 486. The highest BCUT2D eigenvalue weighted by Gasteiger charge is 2.66. The van der Waals surface area contributed by atoms with E-state index in [0.29, 0.717) is 17.6 Å². The summed E-state index contributed by atoms with van der Waals surface area (Å²) in [5.41, 5.74) is 0.660. The van der Waals surface area contributed by atoms with Gasteiger partial charge in [0.1, 0.15) is 5.78 Å². The molecule has 0 aromatic carbocycles. The lowest BCUT2D eigenvalue weighted by Crippen LogP contribution is -2.56. The van der Waals surface area contributed by atoms with Crippen LogP contribution in [-0.2, 0) is 4.79 Å². The van der Waals surface area contributed by atoms with Gasteiger partial charge >= 0.3 is 0 Å². The van der Waals surface area contributed by atoms with Crippen molar-refractivity contribution in [1.29, 1.82) is 0 Å². The molecule has 0 radical (unpaired) electrons. The number of fused-ring (bicyclic) bond motifs is 5. The van der Waals surface area contributed by atoms with E-state index in [1.165, 1.54) is 19.3 Å². The van der Waals surface area contributed by atoms with E-state index in [1.54, 1.807) is 0 Å². The first-order valence-electron chi connectivity index (χ1n) is 9.04. The summed E-state index contributed by atoms with van der Waals surface area (Å²) < 4.78 is 0. The Labute approximate surface area is 128 Å². The Kier molecular flexibility index (Phi) is 2.80. The molecule has 21 heavy (non-hydrogen) atoms. The Morgan fingerprint density at radius 2 is 1.62 bits per heavy atom. The number of Topliss-reactive ketones (excluding diaryl/α,β-unsaturated/α-hetero) is 1. The first kappa shape index (κ1) is 14.2. The number of carbonyl (C=O) groups is 1. The fraction of sp³-hybridized carbons (Fsp3) is 0.947. The Balaban J connectivity index is 1.73. The Morgan fingerprint density at radius 1 is 0.905 bits per heavy atom. The number of carbonyl (C=O) groups excluding carboxylic acids is 1. The lowest BCUT2D eigenvalue weighted by Gasteiger charge is -2.61. The monoisotopic (exact) mass is 290 g/mol. The molecule has 4 saturated carbocycles. The second-order valence-electron chi connectivity index (χ2n) is 9.24. The topological polar surface area (TPSA) is 37.3 Å². The van der Waals surface area contributed by atoms with Crippen LogP contribution in [-0.4, -0.2) is 17.0 Å². The van der Waals surface area contributed by atoms with Crippen LogP contribution in [0.15, 0.2) is 0 Å². The molecule has 0 aliphatic heterocycles. The van der Waals surface area contributed by atoms with Gasteiger partial charge in [-0.15, -0.1) is 0 Å². The van der Waals surface area contributed by atoms with Gasteiger partial charge in [0.15, 0.2) is 0 Å². The SMILES string of the molecule is CC12CCC(=O)C1CCC1C2CCC2(C)C(O)CCC12C. The summed E-state index contributed by atoms with van der Waals surface area (Å²) in [6.07, 6.45) is 8.70. The molecular formula is C19H30O2. The summed E-state index contributed by atoms with van der Waals surface area (Å²) in [4.78, 5) is 12.3. The molecular weight excluding hydrogens is 260 g/mol. The third kappa shape index (κ3) is 1.51. The summed E-state index contributed by atoms with van der Waals surface area (Å²) in [6, 6.07) is 0. The van der Waals surface area contributed by atoms with Crippen LogP contribution in [0.5, 0.6) is 0 Å². The second-order valence-corrected chi connectivity index (χ2v) is 9.24. The van der Waals surface area contributed by atoms with Crippen molar-refractivity contribution in [2.75, 3.05) is 0 Å². The molecule has 7 atom stereocenters. The Morgan fingerprint density at radius 3 is 2.38 bits per heavy atom. The summed E-state index contributed by atoms with van der Waals surface area (Å²) in [6.45, 7) is 7.21. The fourth-order valence-electron chi connectivity index (χ4n) is 7.28. The maximum atomic E-state index is 12.3. The van der Waals surface area contributed by atoms with Crippen molar-refractivity contribution in [2.24, 2.45) is 34.0 Å². The van der Waals surface area contributed by atoms with Crippen molar-refractivity contribution in [2.45, 2.75) is 78.2 Å². The van der Waals surface area contributed by atoms with E-state index in [1.807, 2.05) is 0 Å². The van der Waals surface area contributed by atoms with E-state index >= 15 is 0 Å². The van der Waals surface area contributed by atoms with Gasteiger partial charge in [0.05, 0.1) is 6.10 Å². The first-order valence-corrected chi connectivity index (χ1v) is 9.04. The lowest BCUT2D eigenvalue weighted by atomic mass is 9.43. The molecule has 2 heteroatoms. The Hall–Kier alpha value is -0.370. The van der Waals surface area contributed by atoms with E-state index in [0.717, 1.165) is 38.0 Å². The molecule has 118 valence electrons. The number of hydrogen-bond acceptors (Lipinski definition) is 2.